The minimum Gasteiger partial charge on any atom is -0.494 e. The maximum atomic E-state index is 13.1. The number of nitrogens with zero attached hydrogens (tertiary/aromatic N) is 3. The number of non-ortho nitro benzene ring substituents is 1. The molecule has 0 aliphatic carbocycles. The van der Waals surface area contributed by atoms with Crippen molar-refractivity contribution in [3.8, 4) is 11.6 Å². The van der Waals surface area contributed by atoms with Crippen LogP contribution in [0.2, 0.25) is 0 Å². The van der Waals surface area contributed by atoms with Gasteiger partial charge >= 0.3 is 12.1 Å². The highest BCUT2D eigenvalue weighted by atomic mass is 16.6. The van der Waals surface area contributed by atoms with E-state index in [-0.39, 0.29) is 28.5 Å². The number of anilines is 1. The van der Waals surface area contributed by atoms with Crippen LogP contribution in [0.5, 0.6) is 11.6 Å². The highest BCUT2D eigenvalue weighted by Gasteiger charge is 2.36. The van der Waals surface area contributed by atoms with Crippen molar-refractivity contribution in [2.45, 2.75) is 33.9 Å². The van der Waals surface area contributed by atoms with Crippen molar-refractivity contribution < 1.29 is 38.7 Å². The lowest BCUT2D eigenvalue weighted by Gasteiger charge is -2.24. The fourth-order valence-electron chi connectivity index (χ4n) is 6.28. The predicted molar refractivity (Wildman–Crippen MR) is 207 cm³/mol. The molecule has 1 N–H and O–H groups in total. The summed E-state index contributed by atoms with van der Waals surface area (Å²) < 4.78 is 11.5. The topological polar surface area (TPSA) is 158 Å². The second-order valence-electron chi connectivity index (χ2n) is 12.7. The van der Waals surface area contributed by atoms with Gasteiger partial charge in [-0.15, -0.1) is 0 Å². The molecule has 12 nitrogen and oxygen atoms in total. The molecule has 0 fully saturated rings. The van der Waals surface area contributed by atoms with Crippen LogP contribution in [0.25, 0.3) is 22.6 Å². The van der Waals surface area contributed by atoms with Gasteiger partial charge < -0.3 is 14.6 Å². The monoisotopic (exact) mass is 737 g/mol. The minimum atomic E-state index is -0.877. The minimum absolute atomic E-state index is 0.0931. The summed E-state index contributed by atoms with van der Waals surface area (Å²) in [5.74, 6) is -1.44. The number of fused-ring (bicyclic) bond motifs is 2. The summed E-state index contributed by atoms with van der Waals surface area (Å²) in [7, 11) is 0. The standard InChI is InChI=1S/C22H14N2O6.C21H21NO3/c25-20(14-10-12-15(13-11-14)24(28)29)19-17-8-4-5-9-18(17)23(21(19)26)22(27)30-16-6-2-1-3-7-16;1-13-9-10-14(2)17(11-13)12-19-18-7-5-6-8-20(18)22(21(19)24)15(3)25-16(4)23/h1-13,26H;5-12,15H,1-4H3. The Morgan fingerprint density at radius 1 is 0.855 bits per heavy atom. The molecule has 1 amide bonds. The summed E-state index contributed by atoms with van der Waals surface area (Å²) in [5, 5.41) is 22.0. The fraction of sp³-hybridized carbons (Fsp3) is 0.116. The van der Waals surface area contributed by atoms with Crippen molar-refractivity contribution in [1.82, 2.24) is 4.57 Å². The largest absolute Gasteiger partial charge is 0.494 e. The highest BCUT2D eigenvalue weighted by molar-refractivity contribution is 6.36. The number of nitro groups is 1. The van der Waals surface area contributed by atoms with Crippen LogP contribution in [-0.2, 0) is 14.3 Å². The van der Waals surface area contributed by atoms with Gasteiger partial charge in [-0.3, -0.25) is 29.4 Å². The first kappa shape index (κ1) is 37.4. The van der Waals surface area contributed by atoms with E-state index >= 15 is 0 Å². The number of ether oxygens (including phenoxy) is 2. The van der Waals surface area contributed by atoms with E-state index < -0.39 is 34.9 Å². The summed E-state index contributed by atoms with van der Waals surface area (Å²) in [6, 6.07) is 33.6. The number of benzene rings is 5. The number of aromatic hydroxyl groups is 1. The van der Waals surface area contributed by atoms with Crippen molar-refractivity contribution in [1.29, 1.82) is 0 Å². The maximum Gasteiger partial charge on any atom is 0.426 e. The third kappa shape index (κ3) is 7.74. The number of esters is 1. The quantitative estimate of drug-likeness (QED) is 0.0557. The molecule has 0 saturated carbocycles. The number of para-hydroxylation sites is 3. The number of hydrogen-bond donors (Lipinski definition) is 1. The van der Waals surface area contributed by atoms with E-state index in [2.05, 4.69) is 12.1 Å². The van der Waals surface area contributed by atoms with Crippen LogP contribution in [-0.4, -0.2) is 44.6 Å². The number of aromatic nitrogens is 1. The molecule has 0 saturated heterocycles. The Morgan fingerprint density at radius 3 is 2.20 bits per heavy atom. The molecule has 12 heteroatoms. The first-order valence-corrected chi connectivity index (χ1v) is 17.1. The highest BCUT2D eigenvalue weighted by Crippen LogP contribution is 2.39. The molecule has 5 aromatic carbocycles. The number of carbonyl (C=O) groups is 4. The van der Waals surface area contributed by atoms with Gasteiger partial charge in [0.1, 0.15) is 5.75 Å². The van der Waals surface area contributed by atoms with E-state index in [9.17, 15) is 34.4 Å². The predicted octanol–water partition coefficient (Wildman–Crippen LogP) is 8.63. The first-order chi connectivity index (χ1) is 26.3. The number of carbonyl (C=O) groups excluding carboxylic acids is 4. The molecule has 1 aromatic heterocycles. The number of rotatable bonds is 7. The van der Waals surface area contributed by atoms with E-state index in [0.29, 0.717) is 16.5 Å². The van der Waals surface area contributed by atoms with Crippen LogP contribution in [0, 0.1) is 24.0 Å². The van der Waals surface area contributed by atoms with E-state index in [1.807, 2.05) is 50.3 Å². The van der Waals surface area contributed by atoms with Gasteiger partial charge in [-0.05, 0) is 74.4 Å². The normalized spacial score (nSPS) is 13.1. The van der Waals surface area contributed by atoms with Gasteiger partial charge in [-0.25, -0.2) is 9.36 Å². The van der Waals surface area contributed by atoms with Gasteiger partial charge in [0.25, 0.3) is 11.6 Å². The third-order valence-electron chi connectivity index (χ3n) is 8.89. The molecule has 1 unspecified atom stereocenters. The van der Waals surface area contributed by atoms with E-state index in [1.54, 1.807) is 61.5 Å². The molecule has 0 bridgehead atoms. The van der Waals surface area contributed by atoms with E-state index in [1.165, 1.54) is 36.1 Å². The Hall–Kier alpha value is -7.34. The zero-order valence-corrected chi connectivity index (χ0v) is 30.3. The van der Waals surface area contributed by atoms with Gasteiger partial charge in [0, 0.05) is 41.1 Å². The zero-order chi connectivity index (χ0) is 39.4. The summed E-state index contributed by atoms with van der Waals surface area (Å²) in [6.07, 6.45) is 0.387. The van der Waals surface area contributed by atoms with Crippen molar-refractivity contribution >= 4 is 57.7 Å². The smallest absolute Gasteiger partial charge is 0.426 e. The van der Waals surface area contributed by atoms with Crippen LogP contribution in [0.1, 0.15) is 52.0 Å². The zero-order valence-electron chi connectivity index (χ0n) is 30.3. The second kappa shape index (κ2) is 15.7. The van der Waals surface area contributed by atoms with Crippen LogP contribution in [0.4, 0.5) is 16.2 Å². The lowest BCUT2D eigenvalue weighted by molar-refractivity contribution is -0.384. The number of ketones is 1. The Balaban J connectivity index is 0.000000190. The summed E-state index contributed by atoms with van der Waals surface area (Å²) in [4.78, 5) is 62.0. The molecule has 2 heterocycles. The lowest BCUT2D eigenvalue weighted by atomic mass is 10.00. The molecule has 7 rings (SSSR count). The van der Waals surface area contributed by atoms with E-state index in [4.69, 9.17) is 9.47 Å². The number of hydrogen-bond acceptors (Lipinski definition) is 9. The van der Waals surface area contributed by atoms with Crippen LogP contribution in [0.3, 0.4) is 0 Å². The molecule has 1 atom stereocenters. The first-order valence-electron chi connectivity index (χ1n) is 17.1. The van der Waals surface area contributed by atoms with E-state index in [0.717, 1.165) is 32.5 Å². The molecule has 6 aromatic rings. The maximum absolute atomic E-state index is 13.1. The van der Waals surface area contributed by atoms with Crippen LogP contribution >= 0.6 is 0 Å². The summed E-state index contributed by atoms with van der Waals surface area (Å²) >= 11 is 0. The molecular weight excluding hydrogens is 702 g/mol. The average molecular weight is 738 g/mol. The Morgan fingerprint density at radius 2 is 1.51 bits per heavy atom. The van der Waals surface area contributed by atoms with Crippen molar-refractivity contribution in [2.75, 3.05) is 4.90 Å². The SMILES string of the molecule is CC(=O)OC(C)N1C(=O)C(=Cc2cc(C)ccc2C)c2ccccc21.O=C(c1ccc([N+](=O)[O-])cc1)c1c(O)n(C(=O)Oc2ccccc2)c2ccccc12. The second-order valence-corrected chi connectivity index (χ2v) is 12.7. The molecule has 1 aliphatic rings. The molecule has 1 aliphatic heterocycles. The molecular formula is C43H35N3O9. The molecule has 276 valence electrons. The fourth-order valence-corrected chi connectivity index (χ4v) is 6.28. The van der Waals surface area contributed by atoms with Gasteiger partial charge in [-0.1, -0.05) is 78.4 Å². The number of amides is 1. The molecule has 0 radical (unpaired) electrons. The summed E-state index contributed by atoms with van der Waals surface area (Å²) in [5.41, 5.74) is 5.66. The number of nitro benzene ring substituents is 1. The Labute approximate surface area is 315 Å². The van der Waals surface area contributed by atoms with Crippen LogP contribution < -0.4 is 9.64 Å². The Kier molecular flexibility index (Phi) is 10.7. The molecule has 55 heavy (non-hydrogen) atoms. The average Bonchev–Trinajstić information content (AvgIpc) is 3.62. The van der Waals surface area contributed by atoms with Crippen molar-refractivity contribution in [2.24, 2.45) is 0 Å². The van der Waals surface area contributed by atoms with Gasteiger partial charge in [0.05, 0.1) is 21.7 Å². The van der Waals surface area contributed by atoms with Gasteiger partial charge in [-0.2, -0.15) is 0 Å². The van der Waals surface area contributed by atoms with Crippen molar-refractivity contribution in [3.63, 3.8) is 0 Å². The van der Waals surface area contributed by atoms with Gasteiger partial charge in [0.2, 0.25) is 5.88 Å². The lowest BCUT2D eigenvalue weighted by Crippen LogP contribution is -2.38. The third-order valence-corrected chi connectivity index (χ3v) is 8.89. The number of aryl methyl sites for hydroxylation is 2. The van der Waals surface area contributed by atoms with Crippen molar-refractivity contribution in [3.05, 3.63) is 165 Å². The Bertz CT molecular complexity index is 2500. The van der Waals surface area contributed by atoms with Gasteiger partial charge in [0.15, 0.2) is 12.0 Å². The molecule has 0 spiro atoms. The van der Waals surface area contributed by atoms with Crippen LogP contribution in [0.15, 0.2) is 121 Å². The summed E-state index contributed by atoms with van der Waals surface area (Å²) in [6.45, 7) is 7.10.